The summed E-state index contributed by atoms with van der Waals surface area (Å²) >= 11 is 11.8. The highest BCUT2D eigenvalue weighted by Crippen LogP contribution is 2.26. The lowest BCUT2D eigenvalue weighted by Gasteiger charge is -2.17. The third-order valence-electron chi connectivity index (χ3n) is 3.18. The van der Waals surface area contributed by atoms with Crippen LogP contribution in [0.25, 0.3) is 0 Å². The number of hydrogen-bond donors (Lipinski definition) is 0. The van der Waals surface area contributed by atoms with Gasteiger partial charge in [-0.3, -0.25) is 4.90 Å². The lowest BCUT2D eigenvalue weighted by atomic mass is 10.3. The Morgan fingerprint density at radius 3 is 2.64 bits per heavy atom. The van der Waals surface area contributed by atoms with E-state index in [-0.39, 0.29) is 25.3 Å². The molecule has 1 amide bonds. The van der Waals surface area contributed by atoms with Crippen molar-refractivity contribution in [1.82, 2.24) is 5.16 Å². The Morgan fingerprint density at radius 2 is 1.96 bits per heavy atom. The van der Waals surface area contributed by atoms with Gasteiger partial charge in [0.2, 0.25) is 0 Å². The van der Waals surface area contributed by atoms with Gasteiger partial charge >= 0.3 is 12.1 Å². The monoisotopic (exact) mass is 386 g/mol. The largest absolute Gasteiger partial charge is 0.461 e. The van der Waals surface area contributed by atoms with Crippen molar-refractivity contribution >= 4 is 41.0 Å². The quantitative estimate of drug-likeness (QED) is 0.698. The molecule has 0 N–H and O–H groups in total. The molecule has 134 valence electrons. The molecule has 1 aromatic heterocycles. The first-order valence-electron chi connectivity index (χ1n) is 7.40. The molecule has 0 aliphatic carbocycles. The van der Waals surface area contributed by atoms with Crippen LogP contribution in [-0.2, 0) is 15.9 Å². The molecule has 9 heteroatoms. The smallest absolute Gasteiger partial charge is 0.414 e. The molecule has 1 heterocycles. The molecular formula is C16H16Cl2N2O5. The Kier molecular flexibility index (Phi) is 6.66. The first kappa shape index (κ1) is 19.1. The van der Waals surface area contributed by atoms with Gasteiger partial charge in [0.05, 0.1) is 16.7 Å². The summed E-state index contributed by atoms with van der Waals surface area (Å²) < 4.78 is 15.0. The molecule has 0 radical (unpaired) electrons. The number of halogens is 2. The van der Waals surface area contributed by atoms with Crippen molar-refractivity contribution < 1.29 is 23.6 Å². The zero-order chi connectivity index (χ0) is 18.4. The molecule has 7 nitrogen and oxygen atoms in total. The van der Waals surface area contributed by atoms with Crippen LogP contribution in [0.2, 0.25) is 10.0 Å². The third-order valence-corrected chi connectivity index (χ3v) is 3.92. The minimum absolute atomic E-state index is 0.0575. The molecule has 0 bridgehead atoms. The maximum atomic E-state index is 12.0. The number of benzene rings is 1. The molecule has 0 saturated carbocycles. The Balaban J connectivity index is 1.85. The fraction of sp³-hybridized carbons (Fsp3) is 0.312. The normalized spacial score (nSPS) is 10.4. The topological polar surface area (TPSA) is 81.9 Å². The molecule has 1 aromatic carbocycles. The molecule has 2 rings (SSSR count). The van der Waals surface area contributed by atoms with Gasteiger partial charge in [0.15, 0.2) is 5.69 Å². The van der Waals surface area contributed by atoms with Gasteiger partial charge in [-0.2, -0.15) is 0 Å². The van der Waals surface area contributed by atoms with Crippen molar-refractivity contribution in [1.29, 1.82) is 0 Å². The average molecular weight is 387 g/mol. The average Bonchev–Trinajstić information content (AvgIpc) is 3.06. The van der Waals surface area contributed by atoms with Crippen LogP contribution < -0.4 is 4.90 Å². The maximum Gasteiger partial charge on any atom is 0.414 e. The molecule has 0 aliphatic heterocycles. The first-order valence-corrected chi connectivity index (χ1v) is 8.16. The summed E-state index contributed by atoms with van der Waals surface area (Å²) in [4.78, 5) is 24.8. The van der Waals surface area contributed by atoms with Gasteiger partial charge in [-0.25, -0.2) is 9.59 Å². The molecule has 0 saturated heterocycles. The van der Waals surface area contributed by atoms with Crippen molar-refractivity contribution in [2.24, 2.45) is 0 Å². The van der Waals surface area contributed by atoms with Crippen LogP contribution >= 0.6 is 23.2 Å². The summed E-state index contributed by atoms with van der Waals surface area (Å²) in [6.07, 6.45) is -0.295. The highest BCUT2D eigenvalue weighted by molar-refractivity contribution is 6.42. The van der Waals surface area contributed by atoms with E-state index in [4.69, 9.17) is 37.2 Å². The Labute approximate surface area is 154 Å². The number of carbonyl (C=O) groups is 2. The van der Waals surface area contributed by atoms with Gasteiger partial charge in [0.25, 0.3) is 0 Å². The lowest BCUT2D eigenvalue weighted by Crippen LogP contribution is -2.27. The molecule has 25 heavy (non-hydrogen) atoms. The highest BCUT2D eigenvalue weighted by Gasteiger charge is 2.16. The second-order valence-electron chi connectivity index (χ2n) is 4.92. The van der Waals surface area contributed by atoms with Gasteiger partial charge < -0.3 is 14.0 Å². The van der Waals surface area contributed by atoms with E-state index in [1.165, 1.54) is 11.0 Å². The minimum Gasteiger partial charge on any atom is -0.461 e. The van der Waals surface area contributed by atoms with Gasteiger partial charge in [-0.05, 0) is 25.1 Å². The van der Waals surface area contributed by atoms with E-state index in [2.05, 4.69) is 5.16 Å². The van der Waals surface area contributed by atoms with Crippen LogP contribution in [-0.4, -0.2) is 37.5 Å². The van der Waals surface area contributed by atoms with Crippen molar-refractivity contribution in [3.05, 3.63) is 45.8 Å². The van der Waals surface area contributed by atoms with Crippen LogP contribution in [0.3, 0.4) is 0 Å². The van der Waals surface area contributed by atoms with Crippen molar-refractivity contribution in [2.45, 2.75) is 13.3 Å². The molecule has 2 aromatic rings. The van der Waals surface area contributed by atoms with Gasteiger partial charge in [0, 0.05) is 25.2 Å². The number of hydrogen-bond acceptors (Lipinski definition) is 6. The summed E-state index contributed by atoms with van der Waals surface area (Å²) in [5.41, 5.74) is 0.625. The molecule has 0 fully saturated rings. The fourth-order valence-electron chi connectivity index (χ4n) is 1.87. The van der Waals surface area contributed by atoms with Crippen LogP contribution in [0.1, 0.15) is 23.2 Å². The van der Waals surface area contributed by atoms with Crippen molar-refractivity contribution in [3.8, 4) is 0 Å². The van der Waals surface area contributed by atoms with E-state index in [0.29, 0.717) is 21.5 Å². The van der Waals surface area contributed by atoms with Gasteiger partial charge in [-0.15, -0.1) is 0 Å². The third kappa shape index (κ3) is 5.11. The SMILES string of the molecule is CCOC(=O)c1cc(CCOC(=O)N(C)c2ccc(Cl)c(Cl)c2)on1. The zero-order valence-corrected chi connectivity index (χ0v) is 15.1. The number of aromatic nitrogens is 1. The van der Waals surface area contributed by atoms with E-state index < -0.39 is 12.1 Å². The summed E-state index contributed by atoms with van der Waals surface area (Å²) in [6.45, 7) is 2.00. The Bertz CT molecular complexity index is 763. The maximum absolute atomic E-state index is 12.0. The van der Waals surface area contributed by atoms with Crippen LogP contribution in [0.5, 0.6) is 0 Å². The van der Waals surface area contributed by atoms with Gasteiger partial charge in [0.1, 0.15) is 12.4 Å². The van der Waals surface area contributed by atoms with E-state index in [0.717, 1.165) is 0 Å². The second kappa shape index (κ2) is 8.73. The van der Waals surface area contributed by atoms with Crippen molar-refractivity contribution in [3.63, 3.8) is 0 Å². The number of rotatable bonds is 6. The number of anilines is 1. The van der Waals surface area contributed by atoms with Crippen molar-refractivity contribution in [2.75, 3.05) is 25.2 Å². The molecular weight excluding hydrogens is 371 g/mol. The van der Waals surface area contributed by atoms with E-state index in [1.54, 1.807) is 32.2 Å². The number of carbonyl (C=O) groups excluding carboxylic acids is 2. The van der Waals surface area contributed by atoms with Crippen LogP contribution in [0, 0.1) is 0 Å². The molecule has 0 spiro atoms. The molecule has 0 atom stereocenters. The number of ether oxygens (including phenoxy) is 2. The molecule has 0 aliphatic rings. The predicted octanol–water partition coefficient (Wildman–Crippen LogP) is 3.97. The summed E-state index contributed by atoms with van der Waals surface area (Å²) in [5, 5.41) is 4.34. The van der Waals surface area contributed by atoms with E-state index in [1.807, 2.05) is 0 Å². The van der Waals surface area contributed by atoms with E-state index in [9.17, 15) is 9.59 Å². The zero-order valence-electron chi connectivity index (χ0n) is 13.6. The first-order chi connectivity index (χ1) is 11.9. The van der Waals surface area contributed by atoms with Crippen LogP contribution in [0.4, 0.5) is 10.5 Å². The van der Waals surface area contributed by atoms with Crippen LogP contribution in [0.15, 0.2) is 28.8 Å². The Hall–Kier alpha value is -2.25. The minimum atomic E-state index is -0.566. The number of amides is 1. The summed E-state index contributed by atoms with van der Waals surface area (Å²) in [6, 6.07) is 6.26. The fourth-order valence-corrected chi connectivity index (χ4v) is 2.16. The predicted molar refractivity (Wildman–Crippen MR) is 92.4 cm³/mol. The summed E-state index contributed by atoms with van der Waals surface area (Å²) in [7, 11) is 1.55. The highest BCUT2D eigenvalue weighted by atomic mass is 35.5. The lowest BCUT2D eigenvalue weighted by molar-refractivity contribution is 0.0514. The van der Waals surface area contributed by atoms with E-state index >= 15 is 0 Å². The molecule has 0 unspecified atom stereocenters. The number of nitrogens with zero attached hydrogens (tertiary/aromatic N) is 2. The standard InChI is InChI=1S/C16H16Cl2N2O5/c1-3-23-15(21)14-9-11(25-19-14)6-7-24-16(22)20(2)10-4-5-12(17)13(18)8-10/h4-5,8-9H,3,6-7H2,1-2H3. The number of esters is 1. The second-order valence-corrected chi connectivity index (χ2v) is 5.74. The Morgan fingerprint density at radius 1 is 1.20 bits per heavy atom. The van der Waals surface area contributed by atoms with Gasteiger partial charge in [-0.1, -0.05) is 28.4 Å². The summed E-state index contributed by atoms with van der Waals surface area (Å²) in [5.74, 6) is -0.151.